The van der Waals surface area contributed by atoms with Crippen LogP contribution in [0.3, 0.4) is 0 Å². The van der Waals surface area contributed by atoms with Crippen molar-refractivity contribution in [1.29, 1.82) is 0 Å². The molecule has 1 aromatic heterocycles. The lowest BCUT2D eigenvalue weighted by molar-refractivity contribution is 0.0697. The number of aliphatic hydroxyl groups is 1. The molecule has 5 nitrogen and oxygen atoms in total. The molecule has 2 atom stereocenters. The van der Waals surface area contributed by atoms with Crippen molar-refractivity contribution in [3.63, 3.8) is 0 Å². The Balaban J connectivity index is 1.85. The average Bonchev–Trinajstić information content (AvgIpc) is 2.90. The number of carboxylic acid groups (broad SMARTS) is 1. The van der Waals surface area contributed by atoms with E-state index in [2.05, 4.69) is 9.55 Å². The predicted octanol–water partition coefficient (Wildman–Crippen LogP) is 2.53. The SMILES string of the molecule is O=C(O)c1ccc2c(c1)ncn2CC1CCCCC1CO. The van der Waals surface area contributed by atoms with Gasteiger partial charge in [-0.15, -0.1) is 0 Å². The van der Waals surface area contributed by atoms with E-state index in [9.17, 15) is 9.90 Å². The van der Waals surface area contributed by atoms with Crippen molar-refractivity contribution >= 4 is 17.0 Å². The Morgan fingerprint density at radius 1 is 1.29 bits per heavy atom. The van der Waals surface area contributed by atoms with Crippen molar-refractivity contribution in [2.24, 2.45) is 11.8 Å². The van der Waals surface area contributed by atoms with Crippen molar-refractivity contribution in [2.75, 3.05) is 6.61 Å². The summed E-state index contributed by atoms with van der Waals surface area (Å²) in [5, 5.41) is 18.5. The maximum Gasteiger partial charge on any atom is 0.335 e. The first-order chi connectivity index (χ1) is 10.2. The molecule has 1 heterocycles. The monoisotopic (exact) mass is 288 g/mol. The van der Waals surface area contributed by atoms with Crippen LogP contribution < -0.4 is 0 Å². The highest BCUT2D eigenvalue weighted by atomic mass is 16.4. The third kappa shape index (κ3) is 2.78. The van der Waals surface area contributed by atoms with Gasteiger partial charge in [0.05, 0.1) is 22.9 Å². The molecule has 0 aliphatic heterocycles. The molecular formula is C16H20N2O3. The summed E-state index contributed by atoms with van der Waals surface area (Å²) in [6.07, 6.45) is 6.43. The van der Waals surface area contributed by atoms with Crippen molar-refractivity contribution in [1.82, 2.24) is 9.55 Å². The minimum atomic E-state index is -0.931. The third-order valence-corrected chi connectivity index (χ3v) is 4.60. The normalized spacial score (nSPS) is 22.5. The number of rotatable bonds is 4. The molecule has 2 aromatic rings. The highest BCUT2D eigenvalue weighted by Gasteiger charge is 2.25. The van der Waals surface area contributed by atoms with Crippen molar-refractivity contribution in [2.45, 2.75) is 32.2 Å². The summed E-state index contributed by atoms with van der Waals surface area (Å²) < 4.78 is 2.08. The first-order valence-corrected chi connectivity index (χ1v) is 7.48. The lowest BCUT2D eigenvalue weighted by Gasteiger charge is -2.30. The van der Waals surface area contributed by atoms with E-state index in [0.717, 1.165) is 24.9 Å². The lowest BCUT2D eigenvalue weighted by atomic mass is 9.79. The first-order valence-electron chi connectivity index (χ1n) is 7.48. The van der Waals surface area contributed by atoms with Crippen molar-refractivity contribution < 1.29 is 15.0 Å². The molecule has 112 valence electrons. The van der Waals surface area contributed by atoms with Gasteiger partial charge in [0.1, 0.15) is 0 Å². The minimum absolute atomic E-state index is 0.250. The van der Waals surface area contributed by atoms with Gasteiger partial charge < -0.3 is 14.8 Å². The highest BCUT2D eigenvalue weighted by molar-refractivity contribution is 5.92. The van der Waals surface area contributed by atoms with Gasteiger partial charge in [0.15, 0.2) is 0 Å². The van der Waals surface area contributed by atoms with Gasteiger partial charge in [-0.25, -0.2) is 9.78 Å². The smallest absolute Gasteiger partial charge is 0.335 e. The third-order valence-electron chi connectivity index (χ3n) is 4.60. The van der Waals surface area contributed by atoms with E-state index < -0.39 is 5.97 Å². The topological polar surface area (TPSA) is 75.3 Å². The van der Waals surface area contributed by atoms with E-state index in [-0.39, 0.29) is 12.2 Å². The molecule has 3 rings (SSSR count). The molecule has 0 amide bonds. The Kier molecular flexibility index (Phi) is 3.92. The van der Waals surface area contributed by atoms with E-state index in [4.69, 9.17) is 5.11 Å². The maximum absolute atomic E-state index is 11.0. The molecule has 0 spiro atoms. The Labute approximate surface area is 123 Å². The van der Waals surface area contributed by atoms with E-state index in [0.29, 0.717) is 17.4 Å². The Hall–Kier alpha value is -1.88. The molecular weight excluding hydrogens is 268 g/mol. The van der Waals surface area contributed by atoms with Crippen LogP contribution in [0.25, 0.3) is 11.0 Å². The second-order valence-electron chi connectivity index (χ2n) is 5.89. The van der Waals surface area contributed by atoms with Crippen molar-refractivity contribution in [3.05, 3.63) is 30.1 Å². The van der Waals surface area contributed by atoms with Gasteiger partial charge in [-0.2, -0.15) is 0 Å². The van der Waals surface area contributed by atoms with Crippen LogP contribution in [0.4, 0.5) is 0 Å². The fourth-order valence-electron chi connectivity index (χ4n) is 3.36. The van der Waals surface area contributed by atoms with Crippen LogP contribution in [0, 0.1) is 11.8 Å². The summed E-state index contributed by atoms with van der Waals surface area (Å²) in [5.74, 6) is -0.0890. The number of hydrogen-bond acceptors (Lipinski definition) is 3. The van der Waals surface area contributed by atoms with Gasteiger partial charge >= 0.3 is 5.97 Å². The number of carbonyl (C=O) groups is 1. The lowest BCUT2D eigenvalue weighted by Crippen LogP contribution is -2.26. The van der Waals surface area contributed by atoms with Gasteiger partial charge in [-0.1, -0.05) is 12.8 Å². The second kappa shape index (κ2) is 5.85. The van der Waals surface area contributed by atoms with Crippen LogP contribution in [-0.4, -0.2) is 32.3 Å². The van der Waals surface area contributed by atoms with Gasteiger partial charge in [0.2, 0.25) is 0 Å². The van der Waals surface area contributed by atoms with E-state index in [1.54, 1.807) is 18.5 Å². The molecule has 0 saturated heterocycles. The molecule has 1 aliphatic carbocycles. The zero-order valence-corrected chi connectivity index (χ0v) is 11.9. The van der Waals surface area contributed by atoms with Gasteiger partial charge in [-0.05, 0) is 42.9 Å². The number of benzene rings is 1. The molecule has 1 saturated carbocycles. The van der Waals surface area contributed by atoms with Crippen LogP contribution in [-0.2, 0) is 6.54 Å². The van der Waals surface area contributed by atoms with Crippen LogP contribution in [0.5, 0.6) is 0 Å². The van der Waals surface area contributed by atoms with Crippen LogP contribution in [0.1, 0.15) is 36.0 Å². The van der Waals surface area contributed by atoms with Crippen LogP contribution in [0.2, 0.25) is 0 Å². The first kappa shape index (κ1) is 14.1. The van der Waals surface area contributed by atoms with E-state index >= 15 is 0 Å². The number of aromatic carboxylic acids is 1. The standard InChI is InChI=1S/C16H20N2O3/c19-9-13-4-2-1-3-12(13)8-18-10-17-14-7-11(16(20)21)5-6-15(14)18/h5-7,10,12-13,19H,1-4,8-9H2,(H,20,21). The van der Waals surface area contributed by atoms with E-state index in [1.165, 1.54) is 12.8 Å². The molecule has 21 heavy (non-hydrogen) atoms. The summed E-state index contributed by atoms with van der Waals surface area (Å²) >= 11 is 0. The fourth-order valence-corrected chi connectivity index (χ4v) is 3.36. The maximum atomic E-state index is 11.0. The number of imidazole rings is 1. The van der Waals surface area contributed by atoms with Gasteiger partial charge in [0, 0.05) is 13.2 Å². The number of fused-ring (bicyclic) bond motifs is 1. The summed E-state index contributed by atoms with van der Waals surface area (Å²) in [5.41, 5.74) is 1.94. The molecule has 1 aromatic carbocycles. The molecule has 1 fully saturated rings. The van der Waals surface area contributed by atoms with Crippen LogP contribution >= 0.6 is 0 Å². The average molecular weight is 288 g/mol. The summed E-state index contributed by atoms with van der Waals surface area (Å²) in [6.45, 7) is 1.09. The van der Waals surface area contributed by atoms with Crippen molar-refractivity contribution in [3.8, 4) is 0 Å². The van der Waals surface area contributed by atoms with Crippen LogP contribution in [0.15, 0.2) is 24.5 Å². The molecule has 0 bridgehead atoms. The number of hydrogen-bond donors (Lipinski definition) is 2. The molecule has 2 unspecified atom stereocenters. The summed E-state index contributed by atoms with van der Waals surface area (Å²) in [4.78, 5) is 15.3. The van der Waals surface area contributed by atoms with Gasteiger partial charge in [0.25, 0.3) is 0 Å². The quantitative estimate of drug-likeness (QED) is 0.906. The zero-order chi connectivity index (χ0) is 14.8. The highest BCUT2D eigenvalue weighted by Crippen LogP contribution is 2.31. The molecule has 2 N–H and O–H groups in total. The fraction of sp³-hybridized carbons (Fsp3) is 0.500. The number of aliphatic hydroxyl groups excluding tert-OH is 1. The van der Waals surface area contributed by atoms with Gasteiger partial charge in [-0.3, -0.25) is 0 Å². The summed E-state index contributed by atoms with van der Waals surface area (Å²) in [6, 6.07) is 5.05. The number of carboxylic acids is 1. The largest absolute Gasteiger partial charge is 0.478 e. The molecule has 0 radical (unpaired) electrons. The molecule has 1 aliphatic rings. The summed E-state index contributed by atoms with van der Waals surface area (Å²) in [7, 11) is 0. The Bertz CT molecular complexity index is 650. The molecule has 5 heteroatoms. The number of nitrogens with zero attached hydrogens (tertiary/aromatic N) is 2. The Morgan fingerprint density at radius 2 is 2.05 bits per heavy atom. The zero-order valence-electron chi connectivity index (χ0n) is 11.9. The minimum Gasteiger partial charge on any atom is -0.478 e. The Morgan fingerprint density at radius 3 is 2.76 bits per heavy atom. The predicted molar refractivity (Wildman–Crippen MR) is 79.2 cm³/mol. The number of aromatic nitrogens is 2. The second-order valence-corrected chi connectivity index (χ2v) is 5.89. The van der Waals surface area contributed by atoms with E-state index in [1.807, 2.05) is 6.07 Å².